The molecule has 0 aromatic heterocycles. The molecule has 0 bridgehead atoms. The lowest BCUT2D eigenvalue weighted by Gasteiger charge is -2.34. The first-order valence-corrected chi connectivity index (χ1v) is 12.0. The van der Waals surface area contributed by atoms with E-state index in [0.29, 0.717) is 16.9 Å². The second kappa shape index (κ2) is 9.60. The minimum atomic E-state index is -3.85. The van der Waals surface area contributed by atoms with Crippen LogP contribution in [0.15, 0.2) is 77.7 Å². The molecule has 1 heterocycles. The second-order valence-electron chi connectivity index (χ2n) is 7.93. The van der Waals surface area contributed by atoms with Crippen molar-refractivity contribution in [3.8, 4) is 0 Å². The zero-order valence-corrected chi connectivity index (χ0v) is 19.0. The number of benzene rings is 3. The Balaban J connectivity index is 1.37. The summed E-state index contributed by atoms with van der Waals surface area (Å²) in [6.07, 6.45) is 0. The number of piperazine rings is 1. The Morgan fingerprint density at radius 2 is 1.39 bits per heavy atom. The number of carbonyl (C=O) groups excluding carboxylic acids is 1. The quantitative estimate of drug-likeness (QED) is 0.578. The fraction of sp³-hybridized carbons (Fsp3) is 0.208. The third-order valence-electron chi connectivity index (χ3n) is 5.52. The van der Waals surface area contributed by atoms with Gasteiger partial charge in [0.15, 0.2) is 0 Å². The zero-order chi connectivity index (χ0) is 23.4. The van der Waals surface area contributed by atoms with Crippen LogP contribution in [0.3, 0.4) is 0 Å². The molecule has 172 valence electrons. The number of likely N-dealkylation sites (N-methyl/N-ethyl adjacent to an activating group) is 1. The van der Waals surface area contributed by atoms with Gasteiger partial charge in [-0.3, -0.25) is 9.52 Å². The lowest BCUT2D eigenvalue weighted by molar-refractivity contribution is 0.102. The Morgan fingerprint density at radius 1 is 0.818 bits per heavy atom. The topological polar surface area (TPSA) is 81.8 Å². The van der Waals surface area contributed by atoms with Crippen LogP contribution in [0.1, 0.15) is 10.4 Å². The van der Waals surface area contributed by atoms with Crippen LogP contribution in [0.5, 0.6) is 0 Å². The molecule has 1 saturated heterocycles. The standard InChI is InChI=1S/C24H25FN4O3S/c1-28-14-16-29(17-15-28)22-10-8-20(9-11-22)26-24(30)18-2-6-21(7-3-18)27-33(31,32)23-12-4-19(25)5-13-23/h2-13,27H,14-17H2,1H3,(H,26,30). The first-order valence-electron chi connectivity index (χ1n) is 10.5. The van der Waals surface area contributed by atoms with Crippen LogP contribution < -0.4 is 14.9 Å². The van der Waals surface area contributed by atoms with Crippen LogP contribution >= 0.6 is 0 Å². The van der Waals surface area contributed by atoms with Crippen molar-refractivity contribution in [3.63, 3.8) is 0 Å². The van der Waals surface area contributed by atoms with Crippen LogP contribution in [0.4, 0.5) is 21.5 Å². The summed E-state index contributed by atoms with van der Waals surface area (Å²) in [6.45, 7) is 3.99. The summed E-state index contributed by atoms with van der Waals surface area (Å²) in [4.78, 5) is 17.1. The molecule has 0 radical (unpaired) electrons. The smallest absolute Gasteiger partial charge is 0.261 e. The van der Waals surface area contributed by atoms with Crippen molar-refractivity contribution >= 4 is 33.0 Å². The van der Waals surface area contributed by atoms with E-state index >= 15 is 0 Å². The molecule has 33 heavy (non-hydrogen) atoms. The molecule has 0 spiro atoms. The van der Waals surface area contributed by atoms with Crippen molar-refractivity contribution in [2.75, 3.05) is 48.2 Å². The number of hydrogen-bond acceptors (Lipinski definition) is 5. The molecule has 1 aliphatic rings. The lowest BCUT2D eigenvalue weighted by Crippen LogP contribution is -2.44. The number of nitrogens with one attached hydrogen (secondary N) is 2. The average molecular weight is 469 g/mol. The van der Waals surface area contributed by atoms with Gasteiger partial charge in [-0.05, 0) is 79.8 Å². The molecule has 3 aromatic carbocycles. The van der Waals surface area contributed by atoms with Gasteiger partial charge in [-0.2, -0.15) is 0 Å². The molecule has 1 aliphatic heterocycles. The van der Waals surface area contributed by atoms with Crippen molar-refractivity contribution in [3.05, 3.63) is 84.2 Å². The predicted octanol–water partition coefficient (Wildman–Crippen LogP) is 3.63. The van der Waals surface area contributed by atoms with Crippen LogP contribution in [0.2, 0.25) is 0 Å². The van der Waals surface area contributed by atoms with Crippen molar-refractivity contribution in [2.45, 2.75) is 4.90 Å². The minimum absolute atomic E-state index is 0.0502. The molecule has 0 saturated carbocycles. The summed E-state index contributed by atoms with van der Waals surface area (Å²) >= 11 is 0. The summed E-state index contributed by atoms with van der Waals surface area (Å²) in [5, 5.41) is 2.85. The Morgan fingerprint density at radius 3 is 2.00 bits per heavy atom. The fourth-order valence-electron chi connectivity index (χ4n) is 3.54. The molecular weight excluding hydrogens is 443 g/mol. The van der Waals surface area contributed by atoms with E-state index in [0.717, 1.165) is 44.0 Å². The Hall–Kier alpha value is -3.43. The maximum absolute atomic E-state index is 13.0. The van der Waals surface area contributed by atoms with Crippen molar-refractivity contribution in [1.29, 1.82) is 0 Å². The van der Waals surface area contributed by atoms with Gasteiger partial charge in [0.2, 0.25) is 0 Å². The highest BCUT2D eigenvalue weighted by atomic mass is 32.2. The number of amides is 1. The van der Waals surface area contributed by atoms with Crippen molar-refractivity contribution in [2.24, 2.45) is 0 Å². The van der Waals surface area contributed by atoms with Gasteiger partial charge in [-0.1, -0.05) is 0 Å². The van der Waals surface area contributed by atoms with Gasteiger partial charge in [-0.25, -0.2) is 12.8 Å². The van der Waals surface area contributed by atoms with E-state index in [9.17, 15) is 17.6 Å². The van der Waals surface area contributed by atoms with Gasteiger partial charge in [0.25, 0.3) is 15.9 Å². The van der Waals surface area contributed by atoms with Gasteiger partial charge in [0, 0.05) is 48.8 Å². The van der Waals surface area contributed by atoms with Gasteiger partial charge < -0.3 is 15.1 Å². The third-order valence-corrected chi connectivity index (χ3v) is 6.91. The molecule has 1 amide bonds. The van der Waals surface area contributed by atoms with E-state index in [4.69, 9.17) is 0 Å². The Kier molecular flexibility index (Phi) is 6.62. The molecule has 3 aromatic rings. The first-order chi connectivity index (χ1) is 15.8. The summed E-state index contributed by atoms with van der Waals surface area (Å²) in [6, 6.07) is 18.4. The zero-order valence-electron chi connectivity index (χ0n) is 18.2. The Labute approximate surface area is 192 Å². The van der Waals surface area contributed by atoms with Crippen molar-refractivity contribution in [1.82, 2.24) is 4.90 Å². The number of carbonyl (C=O) groups is 1. The van der Waals surface area contributed by atoms with Crippen LogP contribution in [-0.4, -0.2) is 52.5 Å². The average Bonchev–Trinajstić information content (AvgIpc) is 2.81. The van der Waals surface area contributed by atoms with Crippen LogP contribution in [0.25, 0.3) is 0 Å². The minimum Gasteiger partial charge on any atom is -0.369 e. The van der Waals surface area contributed by atoms with Gasteiger partial charge in [0.05, 0.1) is 4.90 Å². The number of sulfonamides is 1. The van der Waals surface area contributed by atoms with Gasteiger partial charge in [-0.15, -0.1) is 0 Å². The summed E-state index contributed by atoms with van der Waals surface area (Å²) in [5.41, 5.74) is 2.49. The first kappa shape index (κ1) is 22.8. The molecule has 0 atom stereocenters. The highest BCUT2D eigenvalue weighted by Crippen LogP contribution is 2.21. The maximum Gasteiger partial charge on any atom is 0.261 e. The van der Waals surface area contributed by atoms with E-state index in [1.807, 2.05) is 24.3 Å². The second-order valence-corrected chi connectivity index (χ2v) is 9.61. The highest BCUT2D eigenvalue weighted by molar-refractivity contribution is 7.92. The van der Waals surface area contributed by atoms with Crippen LogP contribution in [-0.2, 0) is 10.0 Å². The number of hydrogen-bond donors (Lipinski definition) is 2. The predicted molar refractivity (Wildman–Crippen MR) is 128 cm³/mol. The normalized spacial score (nSPS) is 14.7. The van der Waals surface area contributed by atoms with E-state index in [2.05, 4.69) is 26.9 Å². The molecule has 0 unspecified atom stereocenters. The Bertz CT molecular complexity index is 1210. The fourth-order valence-corrected chi connectivity index (χ4v) is 4.60. The third kappa shape index (κ3) is 5.68. The summed E-state index contributed by atoms with van der Waals surface area (Å²) in [7, 11) is -1.74. The molecule has 2 N–H and O–H groups in total. The summed E-state index contributed by atoms with van der Waals surface area (Å²) < 4.78 is 40.3. The number of rotatable bonds is 6. The largest absolute Gasteiger partial charge is 0.369 e. The van der Waals surface area contributed by atoms with Crippen molar-refractivity contribution < 1.29 is 17.6 Å². The van der Waals surface area contributed by atoms with E-state index in [1.54, 1.807) is 0 Å². The lowest BCUT2D eigenvalue weighted by atomic mass is 10.2. The molecule has 9 heteroatoms. The van der Waals surface area contributed by atoms with Gasteiger partial charge in [0.1, 0.15) is 5.82 Å². The molecule has 7 nitrogen and oxygen atoms in total. The highest BCUT2D eigenvalue weighted by Gasteiger charge is 2.16. The van der Waals surface area contributed by atoms with E-state index < -0.39 is 15.8 Å². The number of nitrogens with zero attached hydrogens (tertiary/aromatic N) is 2. The maximum atomic E-state index is 13.0. The van der Waals surface area contributed by atoms with Crippen LogP contribution in [0, 0.1) is 5.82 Å². The molecule has 0 aliphatic carbocycles. The van der Waals surface area contributed by atoms with E-state index in [-0.39, 0.29) is 10.8 Å². The number of halogens is 1. The summed E-state index contributed by atoms with van der Waals surface area (Å²) in [5.74, 6) is -0.812. The SMILES string of the molecule is CN1CCN(c2ccc(NC(=O)c3ccc(NS(=O)(=O)c4ccc(F)cc4)cc3)cc2)CC1. The number of anilines is 3. The monoisotopic (exact) mass is 468 g/mol. The molecular formula is C24H25FN4O3S. The molecule has 4 rings (SSSR count). The van der Waals surface area contributed by atoms with E-state index in [1.165, 1.54) is 36.4 Å². The molecule has 1 fully saturated rings. The van der Waals surface area contributed by atoms with Gasteiger partial charge >= 0.3 is 0 Å².